The maximum atomic E-state index is 10.8. The van der Waals surface area contributed by atoms with Crippen molar-refractivity contribution in [1.82, 2.24) is 10.2 Å². The molecule has 0 aromatic heterocycles. The zero-order valence-corrected chi connectivity index (χ0v) is 12.7. The Morgan fingerprint density at radius 3 is 2.76 bits per heavy atom. The molecule has 0 unspecified atom stereocenters. The topological polar surface area (TPSA) is 58.4 Å². The van der Waals surface area contributed by atoms with Crippen molar-refractivity contribution >= 4 is 17.3 Å². The van der Waals surface area contributed by atoms with E-state index in [4.69, 9.17) is 11.6 Å². The number of benzene rings is 1. The number of nitro benzene ring substituents is 1. The van der Waals surface area contributed by atoms with E-state index in [1.807, 2.05) is 6.07 Å². The summed E-state index contributed by atoms with van der Waals surface area (Å²) in [6.45, 7) is 5.30. The van der Waals surface area contributed by atoms with Crippen LogP contribution in [0.4, 0.5) is 5.69 Å². The van der Waals surface area contributed by atoms with Gasteiger partial charge in [0.2, 0.25) is 0 Å². The second-order valence-electron chi connectivity index (χ2n) is 6.25. The number of hydrogen-bond acceptors (Lipinski definition) is 4. The molecule has 0 amide bonds. The van der Waals surface area contributed by atoms with Crippen LogP contribution in [0, 0.1) is 15.5 Å². The monoisotopic (exact) mass is 309 g/mol. The van der Waals surface area contributed by atoms with Crippen LogP contribution in [0.1, 0.15) is 24.8 Å². The number of halogens is 1. The molecule has 0 saturated carbocycles. The Morgan fingerprint density at radius 1 is 1.33 bits per heavy atom. The molecule has 1 aromatic rings. The molecule has 21 heavy (non-hydrogen) atoms. The van der Waals surface area contributed by atoms with Crippen molar-refractivity contribution in [2.45, 2.75) is 25.8 Å². The minimum Gasteiger partial charge on any atom is -0.317 e. The lowest BCUT2D eigenvalue weighted by Crippen LogP contribution is -2.38. The lowest BCUT2D eigenvalue weighted by atomic mass is 9.78. The van der Waals surface area contributed by atoms with Gasteiger partial charge in [-0.1, -0.05) is 17.7 Å². The molecule has 2 aliphatic heterocycles. The van der Waals surface area contributed by atoms with E-state index in [0.717, 1.165) is 38.3 Å². The zero-order chi connectivity index (χ0) is 14.9. The summed E-state index contributed by atoms with van der Waals surface area (Å²) in [5, 5.41) is 14.4. The van der Waals surface area contributed by atoms with Crippen LogP contribution in [-0.4, -0.2) is 36.0 Å². The highest BCUT2D eigenvalue weighted by Crippen LogP contribution is 2.39. The van der Waals surface area contributed by atoms with Crippen LogP contribution in [0.5, 0.6) is 0 Å². The van der Waals surface area contributed by atoms with Crippen LogP contribution in [-0.2, 0) is 6.54 Å². The largest absolute Gasteiger partial charge is 0.317 e. The van der Waals surface area contributed by atoms with E-state index in [2.05, 4.69) is 10.2 Å². The Labute approximate surface area is 129 Å². The van der Waals surface area contributed by atoms with Gasteiger partial charge in [-0.15, -0.1) is 0 Å². The minimum absolute atomic E-state index is 0.0170. The van der Waals surface area contributed by atoms with Gasteiger partial charge in [0.15, 0.2) is 0 Å². The van der Waals surface area contributed by atoms with Crippen molar-refractivity contribution in [3.63, 3.8) is 0 Å². The van der Waals surface area contributed by atoms with Gasteiger partial charge in [0.05, 0.1) is 4.92 Å². The third kappa shape index (κ3) is 3.20. The van der Waals surface area contributed by atoms with Gasteiger partial charge in [-0.25, -0.2) is 0 Å². The summed E-state index contributed by atoms with van der Waals surface area (Å²) in [6, 6.07) is 5.05. The molecule has 1 spiro atoms. The number of nitrogens with one attached hydrogen (secondary N) is 1. The molecular weight excluding hydrogens is 290 g/mol. The molecule has 5 nitrogen and oxygen atoms in total. The van der Waals surface area contributed by atoms with E-state index in [9.17, 15) is 10.1 Å². The number of nitro groups is 1. The maximum Gasteiger partial charge on any atom is 0.287 e. The number of piperidine rings is 1. The van der Waals surface area contributed by atoms with Crippen LogP contribution in [0.25, 0.3) is 0 Å². The van der Waals surface area contributed by atoms with E-state index >= 15 is 0 Å². The second kappa shape index (κ2) is 5.91. The molecule has 1 aromatic carbocycles. The highest BCUT2D eigenvalue weighted by molar-refractivity contribution is 6.32. The Bertz CT molecular complexity index is 544. The molecule has 0 atom stereocenters. The first kappa shape index (κ1) is 14.8. The quantitative estimate of drug-likeness (QED) is 0.689. The van der Waals surface area contributed by atoms with Crippen molar-refractivity contribution in [2.24, 2.45) is 5.41 Å². The molecule has 2 fully saturated rings. The van der Waals surface area contributed by atoms with Crippen molar-refractivity contribution < 1.29 is 4.92 Å². The van der Waals surface area contributed by atoms with Gasteiger partial charge in [-0.2, -0.15) is 0 Å². The van der Waals surface area contributed by atoms with Crippen LogP contribution < -0.4 is 5.32 Å². The molecule has 2 aliphatic rings. The van der Waals surface area contributed by atoms with Gasteiger partial charge in [-0.3, -0.25) is 15.0 Å². The van der Waals surface area contributed by atoms with Crippen LogP contribution >= 0.6 is 11.6 Å². The molecule has 114 valence electrons. The molecular formula is C15H20ClN3O2. The van der Waals surface area contributed by atoms with Crippen LogP contribution in [0.2, 0.25) is 5.02 Å². The molecule has 1 N–H and O–H groups in total. The molecule has 6 heteroatoms. The minimum atomic E-state index is -0.439. The fourth-order valence-corrected chi connectivity index (χ4v) is 3.86. The van der Waals surface area contributed by atoms with Gasteiger partial charge < -0.3 is 5.32 Å². The fraction of sp³-hybridized carbons (Fsp3) is 0.600. The Morgan fingerprint density at radius 2 is 2.10 bits per heavy atom. The summed E-state index contributed by atoms with van der Waals surface area (Å²) >= 11 is 5.98. The molecule has 0 aliphatic carbocycles. The summed E-state index contributed by atoms with van der Waals surface area (Å²) in [4.78, 5) is 12.8. The first-order valence-electron chi connectivity index (χ1n) is 7.44. The van der Waals surface area contributed by atoms with Gasteiger partial charge >= 0.3 is 0 Å². The Kier molecular flexibility index (Phi) is 4.15. The molecule has 2 heterocycles. The average molecular weight is 310 g/mol. The predicted molar refractivity (Wildman–Crippen MR) is 82.5 cm³/mol. The Balaban J connectivity index is 1.65. The first-order valence-corrected chi connectivity index (χ1v) is 7.82. The smallest absolute Gasteiger partial charge is 0.287 e. The third-order valence-corrected chi connectivity index (χ3v) is 5.10. The first-order chi connectivity index (χ1) is 10.1. The average Bonchev–Trinajstić information content (AvgIpc) is 2.82. The summed E-state index contributed by atoms with van der Waals surface area (Å²) in [7, 11) is 0. The predicted octanol–water partition coefficient (Wildman–Crippen LogP) is 2.82. The summed E-state index contributed by atoms with van der Waals surface area (Å²) in [5.74, 6) is 0. The van der Waals surface area contributed by atoms with Crippen molar-refractivity contribution in [3.05, 3.63) is 38.9 Å². The van der Waals surface area contributed by atoms with Gasteiger partial charge in [-0.05, 0) is 55.9 Å². The SMILES string of the molecule is O=[N+]([O-])c1ccc(CN2CCC3(CCNCC3)C2)cc1Cl. The maximum absolute atomic E-state index is 10.8. The third-order valence-electron chi connectivity index (χ3n) is 4.80. The van der Waals surface area contributed by atoms with Gasteiger partial charge in [0.1, 0.15) is 5.02 Å². The molecule has 0 radical (unpaired) electrons. The lowest BCUT2D eigenvalue weighted by molar-refractivity contribution is -0.384. The summed E-state index contributed by atoms with van der Waals surface area (Å²) < 4.78 is 0. The van der Waals surface area contributed by atoms with Crippen LogP contribution in [0.3, 0.4) is 0 Å². The number of nitrogens with zero attached hydrogens (tertiary/aromatic N) is 2. The molecule has 0 bridgehead atoms. The highest BCUT2D eigenvalue weighted by Gasteiger charge is 2.38. The summed E-state index contributed by atoms with van der Waals surface area (Å²) in [5.41, 5.74) is 1.52. The van der Waals surface area contributed by atoms with Crippen molar-refractivity contribution in [1.29, 1.82) is 0 Å². The van der Waals surface area contributed by atoms with E-state index in [1.165, 1.54) is 25.3 Å². The number of hydrogen-bond donors (Lipinski definition) is 1. The fourth-order valence-electron chi connectivity index (χ4n) is 3.58. The molecule has 2 saturated heterocycles. The lowest BCUT2D eigenvalue weighted by Gasteiger charge is -2.33. The van der Waals surface area contributed by atoms with Crippen molar-refractivity contribution in [2.75, 3.05) is 26.2 Å². The Hall–Kier alpha value is -1.17. The van der Waals surface area contributed by atoms with E-state index in [1.54, 1.807) is 6.07 Å². The molecule has 3 rings (SSSR count). The standard InChI is InChI=1S/C15H20ClN3O2/c16-13-9-12(1-2-14(13)19(20)21)10-18-8-5-15(11-18)3-6-17-7-4-15/h1-2,9,17H,3-8,10-11H2. The second-order valence-corrected chi connectivity index (χ2v) is 6.66. The van der Waals surface area contributed by atoms with E-state index in [0.29, 0.717) is 5.41 Å². The zero-order valence-electron chi connectivity index (χ0n) is 12.0. The van der Waals surface area contributed by atoms with E-state index < -0.39 is 4.92 Å². The van der Waals surface area contributed by atoms with Crippen molar-refractivity contribution in [3.8, 4) is 0 Å². The normalized spacial score (nSPS) is 21.8. The van der Waals surface area contributed by atoms with Crippen LogP contribution in [0.15, 0.2) is 18.2 Å². The number of rotatable bonds is 3. The van der Waals surface area contributed by atoms with Gasteiger partial charge in [0.25, 0.3) is 5.69 Å². The van der Waals surface area contributed by atoms with E-state index in [-0.39, 0.29) is 10.7 Å². The highest BCUT2D eigenvalue weighted by atomic mass is 35.5. The summed E-state index contributed by atoms with van der Waals surface area (Å²) in [6.07, 6.45) is 3.77. The van der Waals surface area contributed by atoms with Gasteiger partial charge in [0, 0.05) is 19.2 Å². The number of likely N-dealkylation sites (tertiary alicyclic amines) is 1.